The van der Waals surface area contributed by atoms with Crippen molar-refractivity contribution in [3.8, 4) is 11.1 Å². The van der Waals surface area contributed by atoms with Crippen LogP contribution >= 0.6 is 0 Å². The van der Waals surface area contributed by atoms with E-state index in [1.54, 1.807) is 6.20 Å². The van der Waals surface area contributed by atoms with Gasteiger partial charge in [0.15, 0.2) is 0 Å². The minimum atomic E-state index is 0.113. The van der Waals surface area contributed by atoms with Crippen molar-refractivity contribution in [3.63, 3.8) is 0 Å². The molecule has 0 spiro atoms. The molecule has 1 amide bonds. The number of allylic oxidation sites excluding steroid dienone is 2. The lowest BCUT2D eigenvalue weighted by Gasteiger charge is -2.39. The van der Waals surface area contributed by atoms with Gasteiger partial charge < -0.3 is 10.2 Å². The van der Waals surface area contributed by atoms with Gasteiger partial charge in [0, 0.05) is 55.9 Å². The summed E-state index contributed by atoms with van der Waals surface area (Å²) >= 11 is 0. The van der Waals surface area contributed by atoms with Gasteiger partial charge in [-0.3, -0.25) is 14.7 Å². The number of hydrogen-bond acceptors (Lipinski definition) is 4. The van der Waals surface area contributed by atoms with Gasteiger partial charge in [-0.05, 0) is 81.1 Å². The third-order valence-electron chi connectivity index (χ3n) is 7.71. The zero-order valence-electron chi connectivity index (χ0n) is 23.9. The van der Waals surface area contributed by atoms with E-state index in [2.05, 4.69) is 71.2 Å². The number of piperidine rings is 1. The zero-order chi connectivity index (χ0) is 27.6. The highest BCUT2D eigenvalue weighted by molar-refractivity contribution is 5.94. The number of benzene rings is 2. The van der Waals surface area contributed by atoms with Crippen LogP contribution in [0.1, 0.15) is 61.5 Å². The molecule has 39 heavy (non-hydrogen) atoms. The standard InChI is InChI=1S/C34H42N4O/c1-5-19-36-33(27(4)6-2)25-37-21-17-32(18-22-37)38(34(39)30-13-9-26(3)10-14-30)24-28-11-15-29(16-12-28)31-8-7-20-35-23-31/h5,7-16,19-20,23,32,36H,6,17-18,21-22,24-25H2,1-4H3/b19-5-,33-27+. The fourth-order valence-corrected chi connectivity index (χ4v) is 5.08. The first kappa shape index (κ1) is 28.3. The van der Waals surface area contributed by atoms with Gasteiger partial charge in [-0.1, -0.05) is 66.6 Å². The summed E-state index contributed by atoms with van der Waals surface area (Å²) in [4.78, 5) is 22.7. The molecule has 0 unspecified atom stereocenters. The molecule has 5 heteroatoms. The fourth-order valence-electron chi connectivity index (χ4n) is 5.08. The van der Waals surface area contributed by atoms with Gasteiger partial charge in [0.05, 0.1) is 0 Å². The molecule has 1 aromatic heterocycles. The van der Waals surface area contributed by atoms with Crippen LogP contribution in [-0.4, -0.2) is 46.4 Å². The topological polar surface area (TPSA) is 48.5 Å². The molecule has 1 N–H and O–H groups in total. The second kappa shape index (κ2) is 13.9. The number of aromatic nitrogens is 1. The Balaban J connectivity index is 1.49. The quantitative estimate of drug-likeness (QED) is 0.312. The number of pyridine rings is 1. The van der Waals surface area contributed by atoms with Crippen LogP contribution in [0.25, 0.3) is 11.1 Å². The number of nitrogens with one attached hydrogen (secondary N) is 1. The van der Waals surface area contributed by atoms with Crippen LogP contribution < -0.4 is 5.32 Å². The largest absolute Gasteiger partial charge is 0.364 e. The second-order valence-corrected chi connectivity index (χ2v) is 10.5. The molecule has 2 heterocycles. The number of carbonyl (C=O) groups excluding carboxylic acids is 1. The number of rotatable bonds is 10. The maximum Gasteiger partial charge on any atom is 0.254 e. The van der Waals surface area contributed by atoms with E-state index in [1.807, 2.05) is 55.7 Å². The molecular formula is C34H42N4O. The van der Waals surface area contributed by atoms with Crippen LogP contribution in [0.5, 0.6) is 0 Å². The van der Waals surface area contributed by atoms with Crippen molar-refractivity contribution < 1.29 is 4.79 Å². The van der Waals surface area contributed by atoms with Crippen LogP contribution in [-0.2, 0) is 6.54 Å². The number of likely N-dealkylation sites (tertiary alicyclic amines) is 1. The lowest BCUT2D eigenvalue weighted by Crippen LogP contribution is -2.47. The molecule has 4 rings (SSSR count). The molecule has 3 aromatic rings. The summed E-state index contributed by atoms with van der Waals surface area (Å²) in [5, 5.41) is 3.48. The monoisotopic (exact) mass is 522 g/mol. The normalized spacial score (nSPS) is 15.3. The molecular weight excluding hydrogens is 480 g/mol. The molecule has 1 saturated heterocycles. The molecule has 0 radical (unpaired) electrons. The maximum absolute atomic E-state index is 13.8. The minimum Gasteiger partial charge on any atom is -0.364 e. The Labute approximate surface area is 234 Å². The fraction of sp³-hybridized carbons (Fsp3) is 0.353. The van der Waals surface area contributed by atoms with E-state index in [0.717, 1.165) is 66.7 Å². The predicted molar refractivity (Wildman–Crippen MR) is 161 cm³/mol. The number of hydrogen-bond donors (Lipinski definition) is 1. The van der Waals surface area contributed by atoms with Crippen molar-refractivity contribution >= 4 is 5.91 Å². The highest BCUT2D eigenvalue weighted by Crippen LogP contribution is 2.24. The lowest BCUT2D eigenvalue weighted by atomic mass is 9.99. The van der Waals surface area contributed by atoms with E-state index in [9.17, 15) is 4.79 Å². The zero-order valence-corrected chi connectivity index (χ0v) is 23.9. The summed E-state index contributed by atoms with van der Waals surface area (Å²) in [5.41, 5.74) is 7.97. The van der Waals surface area contributed by atoms with Gasteiger partial charge in [0.1, 0.15) is 0 Å². The Kier molecular flexibility index (Phi) is 10.1. The molecule has 1 aliphatic heterocycles. The third-order valence-corrected chi connectivity index (χ3v) is 7.71. The molecule has 1 fully saturated rings. The first-order valence-corrected chi connectivity index (χ1v) is 14.1. The Bertz CT molecular complexity index is 1250. The summed E-state index contributed by atoms with van der Waals surface area (Å²) in [7, 11) is 0. The van der Waals surface area contributed by atoms with Crippen LogP contribution in [0.15, 0.2) is 96.6 Å². The first-order chi connectivity index (χ1) is 19.0. The van der Waals surface area contributed by atoms with Gasteiger partial charge in [-0.2, -0.15) is 0 Å². The van der Waals surface area contributed by atoms with Crippen molar-refractivity contribution in [2.45, 2.75) is 59.5 Å². The molecule has 204 valence electrons. The van der Waals surface area contributed by atoms with Gasteiger partial charge in [0.2, 0.25) is 0 Å². The number of amides is 1. The van der Waals surface area contributed by atoms with E-state index < -0.39 is 0 Å². The molecule has 0 atom stereocenters. The average molecular weight is 523 g/mol. The molecule has 2 aromatic carbocycles. The SMILES string of the molecule is C/C=C\N/C(CN1CCC(N(Cc2ccc(-c3cccnc3)cc2)C(=O)c2ccc(C)cc2)CC1)=C(\C)CC. The van der Waals surface area contributed by atoms with E-state index in [4.69, 9.17) is 0 Å². The Morgan fingerprint density at radius 3 is 2.38 bits per heavy atom. The summed E-state index contributed by atoms with van der Waals surface area (Å²) in [6.07, 6.45) is 10.7. The van der Waals surface area contributed by atoms with Crippen molar-refractivity contribution in [3.05, 3.63) is 113 Å². The van der Waals surface area contributed by atoms with Gasteiger partial charge in [-0.25, -0.2) is 0 Å². The molecule has 0 aliphatic carbocycles. The number of nitrogens with zero attached hydrogens (tertiary/aromatic N) is 3. The predicted octanol–water partition coefficient (Wildman–Crippen LogP) is 6.97. The van der Waals surface area contributed by atoms with Gasteiger partial charge in [0.25, 0.3) is 5.91 Å². The summed E-state index contributed by atoms with van der Waals surface area (Å²) < 4.78 is 0. The summed E-state index contributed by atoms with van der Waals surface area (Å²) in [6.45, 7) is 12.0. The highest BCUT2D eigenvalue weighted by Gasteiger charge is 2.29. The van der Waals surface area contributed by atoms with Crippen LogP contribution in [0.2, 0.25) is 0 Å². The molecule has 0 saturated carbocycles. The summed E-state index contributed by atoms with van der Waals surface area (Å²) in [5.74, 6) is 0.113. The van der Waals surface area contributed by atoms with E-state index >= 15 is 0 Å². The highest BCUT2D eigenvalue weighted by atomic mass is 16.2. The molecule has 5 nitrogen and oxygen atoms in total. The molecule has 1 aliphatic rings. The van der Waals surface area contributed by atoms with Crippen molar-refractivity contribution in [1.29, 1.82) is 0 Å². The van der Waals surface area contributed by atoms with E-state index in [-0.39, 0.29) is 11.9 Å². The lowest BCUT2D eigenvalue weighted by molar-refractivity contribution is 0.0556. The minimum absolute atomic E-state index is 0.113. The van der Waals surface area contributed by atoms with Crippen LogP contribution in [0, 0.1) is 6.92 Å². The Morgan fingerprint density at radius 1 is 1.05 bits per heavy atom. The van der Waals surface area contributed by atoms with Gasteiger partial charge in [-0.15, -0.1) is 0 Å². The van der Waals surface area contributed by atoms with E-state index in [0.29, 0.717) is 6.54 Å². The van der Waals surface area contributed by atoms with Crippen molar-refractivity contribution in [1.82, 2.24) is 20.1 Å². The second-order valence-electron chi connectivity index (χ2n) is 10.5. The third kappa shape index (κ3) is 7.67. The average Bonchev–Trinajstić information content (AvgIpc) is 2.99. The Morgan fingerprint density at radius 2 is 1.77 bits per heavy atom. The number of carbonyl (C=O) groups is 1. The Hall–Kier alpha value is -3.70. The van der Waals surface area contributed by atoms with Crippen molar-refractivity contribution in [2.75, 3.05) is 19.6 Å². The van der Waals surface area contributed by atoms with E-state index in [1.165, 1.54) is 11.3 Å². The van der Waals surface area contributed by atoms with Crippen LogP contribution in [0.3, 0.4) is 0 Å². The first-order valence-electron chi connectivity index (χ1n) is 14.1. The smallest absolute Gasteiger partial charge is 0.254 e. The van der Waals surface area contributed by atoms with Gasteiger partial charge >= 0.3 is 0 Å². The summed E-state index contributed by atoms with van der Waals surface area (Å²) in [6, 6.07) is 20.8. The number of aryl methyl sites for hydroxylation is 1. The van der Waals surface area contributed by atoms with Crippen LogP contribution in [0.4, 0.5) is 0 Å². The van der Waals surface area contributed by atoms with Crippen molar-refractivity contribution in [2.24, 2.45) is 0 Å². The molecule has 0 bridgehead atoms. The maximum atomic E-state index is 13.8.